The van der Waals surface area contributed by atoms with Gasteiger partial charge in [0.1, 0.15) is 9.88 Å². The zero-order chi connectivity index (χ0) is 23.4. The number of rotatable bonds is 6. The van der Waals surface area contributed by atoms with Crippen molar-refractivity contribution in [2.75, 3.05) is 32.8 Å². The third kappa shape index (κ3) is 5.31. The van der Waals surface area contributed by atoms with E-state index in [1.807, 2.05) is 23.6 Å². The van der Waals surface area contributed by atoms with Gasteiger partial charge < -0.3 is 14.5 Å². The standard InChI is InChI=1S/C24H25N3O4S2/c1-3-17-6-8-18(9-7-17)22-25-16(2)21(33-22)24(30)31-15-20(28)26-10-12-27(13-11-26)23(29)19-5-4-14-32-19/h4-9,14H,3,10-13,15H2,1-2H3. The second-order valence-corrected chi connectivity index (χ2v) is 9.66. The fraction of sp³-hybridized carbons (Fsp3) is 0.333. The second kappa shape index (κ2) is 10.3. The maximum absolute atomic E-state index is 12.6. The van der Waals surface area contributed by atoms with Gasteiger partial charge in [0.15, 0.2) is 6.61 Å². The van der Waals surface area contributed by atoms with Gasteiger partial charge >= 0.3 is 5.97 Å². The first-order valence-corrected chi connectivity index (χ1v) is 12.5. The predicted molar refractivity (Wildman–Crippen MR) is 129 cm³/mol. The molecule has 1 aliphatic heterocycles. The largest absolute Gasteiger partial charge is 0.451 e. The predicted octanol–water partition coefficient (Wildman–Crippen LogP) is 3.88. The van der Waals surface area contributed by atoms with Gasteiger partial charge in [0.2, 0.25) is 0 Å². The zero-order valence-electron chi connectivity index (χ0n) is 18.6. The van der Waals surface area contributed by atoms with E-state index in [0.29, 0.717) is 41.6 Å². The van der Waals surface area contributed by atoms with Gasteiger partial charge in [0.25, 0.3) is 11.8 Å². The number of nitrogens with zero attached hydrogens (tertiary/aromatic N) is 3. The van der Waals surface area contributed by atoms with Gasteiger partial charge in [-0.15, -0.1) is 22.7 Å². The van der Waals surface area contributed by atoms with Gasteiger partial charge in [0, 0.05) is 31.7 Å². The number of hydrogen-bond donors (Lipinski definition) is 0. The Labute approximate surface area is 200 Å². The molecule has 0 saturated carbocycles. The summed E-state index contributed by atoms with van der Waals surface area (Å²) in [5.41, 5.74) is 2.78. The molecule has 9 heteroatoms. The number of amides is 2. The number of benzene rings is 1. The van der Waals surface area contributed by atoms with Crippen molar-refractivity contribution in [3.63, 3.8) is 0 Å². The molecule has 0 aliphatic carbocycles. The Hall–Kier alpha value is -3.04. The lowest BCUT2D eigenvalue weighted by Crippen LogP contribution is -2.51. The van der Waals surface area contributed by atoms with E-state index in [1.165, 1.54) is 28.2 Å². The quantitative estimate of drug-likeness (QED) is 0.497. The molecule has 7 nitrogen and oxygen atoms in total. The Balaban J connectivity index is 1.29. The molecule has 1 aromatic carbocycles. The molecule has 1 saturated heterocycles. The van der Waals surface area contributed by atoms with Crippen LogP contribution in [0.5, 0.6) is 0 Å². The molecule has 33 heavy (non-hydrogen) atoms. The third-order valence-corrected chi connectivity index (χ3v) is 7.61. The van der Waals surface area contributed by atoms with Gasteiger partial charge in [0.05, 0.1) is 10.6 Å². The highest BCUT2D eigenvalue weighted by Gasteiger charge is 2.26. The Morgan fingerprint density at radius 3 is 2.36 bits per heavy atom. The van der Waals surface area contributed by atoms with Gasteiger partial charge in [-0.3, -0.25) is 9.59 Å². The molecule has 2 amide bonds. The summed E-state index contributed by atoms with van der Waals surface area (Å²) in [6.07, 6.45) is 0.961. The van der Waals surface area contributed by atoms with Crippen molar-refractivity contribution in [1.82, 2.24) is 14.8 Å². The van der Waals surface area contributed by atoms with Gasteiger partial charge in [-0.2, -0.15) is 0 Å². The Kier molecular flexibility index (Phi) is 7.20. The lowest BCUT2D eigenvalue weighted by molar-refractivity contribution is -0.136. The van der Waals surface area contributed by atoms with Crippen molar-refractivity contribution < 1.29 is 19.1 Å². The van der Waals surface area contributed by atoms with Crippen molar-refractivity contribution in [3.8, 4) is 10.6 Å². The molecule has 3 aromatic rings. The van der Waals surface area contributed by atoms with E-state index in [0.717, 1.165) is 17.0 Å². The summed E-state index contributed by atoms with van der Waals surface area (Å²) < 4.78 is 5.30. The van der Waals surface area contributed by atoms with Gasteiger partial charge in [-0.1, -0.05) is 37.3 Å². The summed E-state index contributed by atoms with van der Waals surface area (Å²) in [7, 11) is 0. The van der Waals surface area contributed by atoms with Crippen LogP contribution in [0.15, 0.2) is 41.8 Å². The minimum atomic E-state index is -0.540. The first kappa shape index (κ1) is 23.1. The summed E-state index contributed by atoms with van der Waals surface area (Å²) in [5, 5.41) is 2.62. The molecular formula is C24H25N3O4S2. The van der Waals surface area contributed by atoms with E-state index in [9.17, 15) is 14.4 Å². The number of carbonyl (C=O) groups is 3. The summed E-state index contributed by atoms with van der Waals surface area (Å²) in [4.78, 5) is 46.6. The van der Waals surface area contributed by atoms with E-state index < -0.39 is 5.97 Å². The van der Waals surface area contributed by atoms with Crippen LogP contribution in [0.4, 0.5) is 0 Å². The van der Waals surface area contributed by atoms with Crippen molar-refractivity contribution >= 4 is 40.5 Å². The maximum Gasteiger partial charge on any atom is 0.350 e. The van der Waals surface area contributed by atoms with Crippen molar-refractivity contribution in [1.29, 1.82) is 0 Å². The number of hydrogen-bond acceptors (Lipinski definition) is 7. The van der Waals surface area contributed by atoms with E-state index in [-0.39, 0.29) is 18.4 Å². The SMILES string of the molecule is CCc1ccc(-c2nc(C)c(C(=O)OCC(=O)N3CCN(C(=O)c4cccs4)CC3)s2)cc1. The number of aryl methyl sites for hydroxylation is 2. The highest BCUT2D eigenvalue weighted by molar-refractivity contribution is 7.17. The van der Waals surface area contributed by atoms with Crippen LogP contribution in [0.2, 0.25) is 0 Å². The molecule has 0 radical (unpaired) electrons. The smallest absolute Gasteiger partial charge is 0.350 e. The van der Waals surface area contributed by atoms with Crippen LogP contribution >= 0.6 is 22.7 Å². The molecule has 1 aliphatic rings. The molecule has 0 N–H and O–H groups in total. The van der Waals surface area contributed by atoms with Gasteiger partial charge in [-0.05, 0) is 30.4 Å². The fourth-order valence-electron chi connectivity index (χ4n) is 3.59. The van der Waals surface area contributed by atoms with E-state index in [2.05, 4.69) is 24.0 Å². The molecule has 1 fully saturated rings. The number of ether oxygens (including phenoxy) is 1. The summed E-state index contributed by atoms with van der Waals surface area (Å²) in [6, 6.07) is 11.8. The number of piperazine rings is 1. The van der Waals surface area contributed by atoms with Crippen LogP contribution in [-0.4, -0.2) is 65.4 Å². The lowest BCUT2D eigenvalue weighted by Gasteiger charge is -2.34. The molecule has 3 heterocycles. The molecule has 2 aromatic heterocycles. The molecule has 0 unspecified atom stereocenters. The highest BCUT2D eigenvalue weighted by Crippen LogP contribution is 2.28. The van der Waals surface area contributed by atoms with Crippen LogP contribution in [0.25, 0.3) is 10.6 Å². The molecule has 0 spiro atoms. The molecule has 0 atom stereocenters. The second-order valence-electron chi connectivity index (χ2n) is 7.71. The third-order valence-electron chi connectivity index (χ3n) is 5.57. The Morgan fingerprint density at radius 2 is 1.73 bits per heavy atom. The summed E-state index contributed by atoms with van der Waals surface area (Å²) >= 11 is 2.68. The number of esters is 1. The zero-order valence-corrected chi connectivity index (χ0v) is 20.2. The van der Waals surface area contributed by atoms with Crippen LogP contribution in [0.1, 0.15) is 37.5 Å². The highest BCUT2D eigenvalue weighted by atomic mass is 32.1. The summed E-state index contributed by atoms with van der Waals surface area (Å²) in [5.74, 6) is -0.810. The molecular weight excluding hydrogens is 458 g/mol. The molecule has 4 rings (SSSR count). The number of aromatic nitrogens is 1. The van der Waals surface area contributed by atoms with Crippen molar-refractivity contribution in [2.45, 2.75) is 20.3 Å². The van der Waals surface area contributed by atoms with E-state index in [4.69, 9.17) is 4.74 Å². The lowest BCUT2D eigenvalue weighted by atomic mass is 10.1. The van der Waals surface area contributed by atoms with Crippen LogP contribution in [-0.2, 0) is 16.0 Å². The minimum absolute atomic E-state index is 0.00987. The van der Waals surface area contributed by atoms with Crippen molar-refractivity contribution in [3.05, 3.63) is 62.8 Å². The van der Waals surface area contributed by atoms with Crippen LogP contribution < -0.4 is 0 Å². The van der Waals surface area contributed by atoms with Crippen LogP contribution in [0.3, 0.4) is 0 Å². The topological polar surface area (TPSA) is 79.8 Å². The monoisotopic (exact) mass is 483 g/mol. The molecule has 172 valence electrons. The maximum atomic E-state index is 12.6. The Morgan fingerprint density at radius 1 is 1.03 bits per heavy atom. The Bertz CT molecular complexity index is 1130. The molecule has 0 bridgehead atoms. The van der Waals surface area contributed by atoms with Gasteiger partial charge in [-0.25, -0.2) is 9.78 Å². The minimum Gasteiger partial charge on any atom is -0.451 e. The van der Waals surface area contributed by atoms with E-state index >= 15 is 0 Å². The number of thiophene rings is 1. The number of carbonyl (C=O) groups excluding carboxylic acids is 3. The van der Waals surface area contributed by atoms with Crippen molar-refractivity contribution in [2.24, 2.45) is 0 Å². The normalized spacial score (nSPS) is 13.8. The first-order valence-electron chi connectivity index (χ1n) is 10.8. The average molecular weight is 484 g/mol. The van der Waals surface area contributed by atoms with E-state index in [1.54, 1.807) is 22.8 Å². The number of thiazole rings is 1. The summed E-state index contributed by atoms with van der Waals surface area (Å²) in [6.45, 7) is 5.31. The van der Waals surface area contributed by atoms with Crippen LogP contribution in [0, 0.1) is 6.92 Å². The average Bonchev–Trinajstić information content (AvgIpc) is 3.52. The fourth-order valence-corrected chi connectivity index (χ4v) is 5.25. The first-order chi connectivity index (χ1) is 16.0.